The van der Waals surface area contributed by atoms with Crippen LogP contribution in [-0.4, -0.2) is 29.4 Å². The van der Waals surface area contributed by atoms with E-state index in [9.17, 15) is 26.7 Å². The van der Waals surface area contributed by atoms with E-state index in [4.69, 9.17) is 0 Å². The summed E-state index contributed by atoms with van der Waals surface area (Å²) < 4.78 is 62.7. The minimum absolute atomic E-state index is 0.110. The van der Waals surface area contributed by atoms with Gasteiger partial charge < -0.3 is 0 Å². The van der Waals surface area contributed by atoms with Gasteiger partial charge in [-0.15, -0.1) is 0 Å². The van der Waals surface area contributed by atoms with Crippen LogP contribution in [0, 0.1) is 0 Å². The molecule has 17 heavy (non-hydrogen) atoms. The van der Waals surface area contributed by atoms with Gasteiger partial charge in [0, 0.05) is 31.4 Å². The molecule has 0 aromatic carbocycles. The van der Waals surface area contributed by atoms with Crippen LogP contribution in [0.3, 0.4) is 0 Å². The van der Waals surface area contributed by atoms with Gasteiger partial charge in [0.05, 0.1) is 0 Å². The predicted molar refractivity (Wildman–Crippen MR) is 57.5 cm³/mol. The topological polar surface area (TPSA) is 17.1 Å². The van der Waals surface area contributed by atoms with Crippen LogP contribution in [0.1, 0.15) is 32.6 Å². The average Bonchev–Trinajstić information content (AvgIpc) is 2.26. The fourth-order valence-electron chi connectivity index (χ4n) is 0.974. The van der Waals surface area contributed by atoms with Crippen molar-refractivity contribution in [2.24, 2.45) is 0 Å². The Balaban J connectivity index is 3.91. The van der Waals surface area contributed by atoms with Crippen molar-refractivity contribution in [2.75, 3.05) is 12.4 Å². The highest BCUT2D eigenvalue weighted by Crippen LogP contribution is 2.31. The Kier molecular flexibility index (Phi) is 7.04. The average molecular weight is 278 g/mol. The highest BCUT2D eigenvalue weighted by molar-refractivity contribution is 8.13. The zero-order valence-electron chi connectivity index (χ0n) is 9.45. The van der Waals surface area contributed by atoms with Gasteiger partial charge >= 0.3 is 0 Å². The standard InChI is InChI=1S/C10H15F5OS/c1-2-8(16)17-6-5-9(12,13)3-4-10(14,15)7-11/h2-7H2,1H3. The van der Waals surface area contributed by atoms with Gasteiger partial charge in [-0.3, -0.25) is 4.79 Å². The SMILES string of the molecule is CCC(=O)SCCC(F)(F)CCC(F)(F)CF. The highest BCUT2D eigenvalue weighted by atomic mass is 32.2. The number of thioether (sulfide) groups is 1. The molecule has 0 radical (unpaired) electrons. The smallest absolute Gasteiger partial charge is 0.276 e. The number of halogens is 5. The lowest BCUT2D eigenvalue weighted by atomic mass is 10.1. The van der Waals surface area contributed by atoms with E-state index < -0.39 is 37.8 Å². The maximum Gasteiger partial charge on any atom is 0.276 e. The minimum Gasteiger partial charge on any atom is -0.287 e. The van der Waals surface area contributed by atoms with E-state index in [0.29, 0.717) is 0 Å². The maximum absolute atomic E-state index is 13.1. The van der Waals surface area contributed by atoms with E-state index in [1.54, 1.807) is 6.92 Å². The minimum atomic E-state index is -3.68. The second-order valence-electron chi connectivity index (χ2n) is 3.67. The van der Waals surface area contributed by atoms with E-state index in [2.05, 4.69) is 0 Å². The molecule has 0 saturated heterocycles. The molecule has 0 rings (SSSR count). The van der Waals surface area contributed by atoms with E-state index >= 15 is 0 Å². The molecule has 0 heterocycles. The largest absolute Gasteiger partial charge is 0.287 e. The summed E-state index contributed by atoms with van der Waals surface area (Å²) >= 11 is 0.762. The molecule has 0 aromatic rings. The Morgan fingerprint density at radius 1 is 1.06 bits per heavy atom. The first-order chi connectivity index (χ1) is 7.72. The summed E-state index contributed by atoms with van der Waals surface area (Å²) in [7, 11) is 0. The van der Waals surface area contributed by atoms with E-state index in [0.717, 1.165) is 11.8 Å². The number of hydrogen-bond donors (Lipinski definition) is 0. The van der Waals surface area contributed by atoms with Crippen molar-refractivity contribution in [1.82, 2.24) is 0 Å². The van der Waals surface area contributed by atoms with Gasteiger partial charge in [0.15, 0.2) is 11.8 Å². The molecule has 7 heteroatoms. The van der Waals surface area contributed by atoms with Crippen LogP contribution in [0.4, 0.5) is 22.0 Å². The summed E-state index contributed by atoms with van der Waals surface area (Å²) in [5.41, 5.74) is 0. The summed E-state index contributed by atoms with van der Waals surface area (Å²) in [6.45, 7) is -0.318. The third kappa shape index (κ3) is 8.40. The lowest BCUT2D eigenvalue weighted by molar-refractivity contribution is -0.110. The molecule has 0 aliphatic rings. The summed E-state index contributed by atoms with van der Waals surface area (Å²) in [5, 5.41) is -0.213. The fraction of sp³-hybridized carbons (Fsp3) is 0.900. The molecule has 0 aliphatic carbocycles. The molecule has 0 aromatic heterocycles. The molecule has 0 aliphatic heterocycles. The normalized spacial score (nSPS) is 12.8. The van der Waals surface area contributed by atoms with Crippen molar-refractivity contribution in [2.45, 2.75) is 44.5 Å². The van der Waals surface area contributed by atoms with Crippen LogP contribution >= 0.6 is 11.8 Å². The second kappa shape index (κ2) is 7.18. The molecule has 1 nitrogen and oxygen atoms in total. The Bertz CT molecular complexity index is 245. The summed E-state index contributed by atoms with van der Waals surface area (Å²) in [5.74, 6) is -7.07. The van der Waals surface area contributed by atoms with Crippen LogP contribution in [-0.2, 0) is 4.79 Å². The lowest BCUT2D eigenvalue weighted by Gasteiger charge is -2.18. The van der Waals surface area contributed by atoms with Crippen molar-refractivity contribution in [3.05, 3.63) is 0 Å². The van der Waals surface area contributed by atoms with Crippen LogP contribution in [0.2, 0.25) is 0 Å². The maximum atomic E-state index is 13.1. The van der Waals surface area contributed by atoms with Gasteiger partial charge in [-0.25, -0.2) is 22.0 Å². The Morgan fingerprint density at radius 3 is 2.06 bits per heavy atom. The molecule has 0 fully saturated rings. The number of alkyl halides is 5. The van der Waals surface area contributed by atoms with Gasteiger partial charge in [0.2, 0.25) is 5.92 Å². The summed E-state index contributed by atoms with van der Waals surface area (Å²) in [4.78, 5) is 10.8. The fourth-order valence-corrected chi connectivity index (χ4v) is 1.81. The van der Waals surface area contributed by atoms with Crippen molar-refractivity contribution >= 4 is 16.9 Å². The van der Waals surface area contributed by atoms with Crippen molar-refractivity contribution in [3.8, 4) is 0 Å². The lowest BCUT2D eigenvalue weighted by Crippen LogP contribution is -2.25. The van der Waals surface area contributed by atoms with Crippen molar-refractivity contribution in [1.29, 1.82) is 0 Å². The first kappa shape index (κ1) is 16.7. The van der Waals surface area contributed by atoms with Crippen LogP contribution in [0.25, 0.3) is 0 Å². The number of carbonyl (C=O) groups excluding carboxylic acids is 1. The third-order valence-electron chi connectivity index (χ3n) is 2.07. The van der Waals surface area contributed by atoms with Gasteiger partial charge in [0.25, 0.3) is 5.92 Å². The summed E-state index contributed by atoms with van der Waals surface area (Å²) in [6.07, 6.45) is -2.64. The van der Waals surface area contributed by atoms with Crippen molar-refractivity contribution in [3.63, 3.8) is 0 Å². The molecular weight excluding hydrogens is 263 g/mol. The first-order valence-corrected chi connectivity index (χ1v) is 6.18. The molecule has 102 valence electrons. The Morgan fingerprint density at radius 2 is 1.59 bits per heavy atom. The summed E-state index contributed by atoms with van der Waals surface area (Å²) in [6, 6.07) is 0. The number of carbonyl (C=O) groups is 1. The van der Waals surface area contributed by atoms with Gasteiger partial charge in [-0.05, 0) is 0 Å². The molecule has 0 unspecified atom stereocenters. The second-order valence-corrected chi connectivity index (χ2v) is 4.82. The predicted octanol–water partition coefficient (Wildman–Crippen LogP) is 4.07. The molecule has 0 saturated carbocycles. The monoisotopic (exact) mass is 278 g/mol. The zero-order chi connectivity index (χ0) is 13.5. The van der Waals surface area contributed by atoms with Crippen LogP contribution < -0.4 is 0 Å². The van der Waals surface area contributed by atoms with Gasteiger partial charge in [0.1, 0.15) is 0 Å². The van der Waals surface area contributed by atoms with E-state index in [-0.39, 0.29) is 17.3 Å². The molecule has 0 N–H and O–H groups in total. The molecule has 0 bridgehead atoms. The van der Waals surface area contributed by atoms with E-state index in [1.165, 1.54) is 0 Å². The van der Waals surface area contributed by atoms with E-state index in [1.807, 2.05) is 0 Å². The Labute approximate surface area is 101 Å². The number of rotatable bonds is 8. The first-order valence-electron chi connectivity index (χ1n) is 5.19. The molecule has 0 atom stereocenters. The third-order valence-corrected chi connectivity index (χ3v) is 3.09. The van der Waals surface area contributed by atoms with Crippen LogP contribution in [0.15, 0.2) is 0 Å². The quantitative estimate of drug-likeness (QED) is 0.623. The van der Waals surface area contributed by atoms with Gasteiger partial charge in [-0.2, -0.15) is 0 Å². The van der Waals surface area contributed by atoms with Gasteiger partial charge in [-0.1, -0.05) is 18.7 Å². The number of hydrogen-bond acceptors (Lipinski definition) is 2. The highest BCUT2D eigenvalue weighted by Gasteiger charge is 2.36. The molecular formula is C10H15F5OS. The zero-order valence-corrected chi connectivity index (χ0v) is 10.3. The van der Waals surface area contributed by atoms with Crippen molar-refractivity contribution < 1.29 is 26.7 Å². The molecule has 0 spiro atoms. The van der Waals surface area contributed by atoms with Crippen LogP contribution in [0.5, 0.6) is 0 Å². The Hall–Kier alpha value is -0.330. The molecule has 0 amide bonds.